The number of aryl methyl sites for hydroxylation is 2. The Morgan fingerprint density at radius 1 is 1.32 bits per heavy atom. The summed E-state index contributed by atoms with van der Waals surface area (Å²) in [6.07, 6.45) is 3.23. The van der Waals surface area contributed by atoms with Crippen molar-refractivity contribution >= 4 is 23.2 Å². The van der Waals surface area contributed by atoms with Crippen LogP contribution in [-0.4, -0.2) is 18.5 Å². The van der Waals surface area contributed by atoms with Gasteiger partial charge in [0, 0.05) is 11.4 Å². The fraction of sp³-hybridized carbons (Fsp3) is 0.400. The number of carbonyl (C=O) groups excluding carboxylic acids is 2. The minimum atomic E-state index is -0.405. The molecule has 1 aromatic heterocycles. The molecule has 0 saturated carbocycles. The molecule has 3 rings (SSSR count). The zero-order valence-electron chi connectivity index (χ0n) is 14.6. The minimum Gasteiger partial charge on any atom is -0.451 e. The van der Waals surface area contributed by atoms with E-state index < -0.39 is 5.97 Å². The van der Waals surface area contributed by atoms with E-state index in [9.17, 15) is 9.59 Å². The number of amides is 1. The van der Waals surface area contributed by atoms with E-state index in [2.05, 4.69) is 12.2 Å². The van der Waals surface area contributed by atoms with Gasteiger partial charge in [-0.25, -0.2) is 4.79 Å². The second-order valence-corrected chi connectivity index (χ2v) is 7.82. The van der Waals surface area contributed by atoms with Crippen LogP contribution < -0.4 is 5.32 Å². The lowest BCUT2D eigenvalue weighted by Crippen LogP contribution is -2.28. The van der Waals surface area contributed by atoms with E-state index in [1.165, 1.54) is 28.2 Å². The Morgan fingerprint density at radius 3 is 2.92 bits per heavy atom. The first-order chi connectivity index (χ1) is 12.0. The van der Waals surface area contributed by atoms with Crippen molar-refractivity contribution in [2.75, 3.05) is 6.61 Å². The summed E-state index contributed by atoms with van der Waals surface area (Å²) in [4.78, 5) is 26.0. The second-order valence-electron chi connectivity index (χ2n) is 6.69. The van der Waals surface area contributed by atoms with Crippen LogP contribution in [0.2, 0.25) is 0 Å². The van der Waals surface area contributed by atoms with Gasteiger partial charge in [0.25, 0.3) is 5.91 Å². The van der Waals surface area contributed by atoms with Crippen LogP contribution in [0.15, 0.2) is 30.3 Å². The standard InChI is InChI=1S/C20H23NO3S/c1-13-7-8-17-16(9-13)10-18(25-17)20(23)24-12-19(22)21-11-15-6-4-3-5-14(15)2/h3-6,10,13H,7-9,11-12H2,1-2H3,(H,21,22). The second kappa shape index (κ2) is 7.83. The molecule has 1 amide bonds. The highest BCUT2D eigenvalue weighted by atomic mass is 32.1. The van der Waals surface area contributed by atoms with Gasteiger partial charge in [0.2, 0.25) is 0 Å². The smallest absolute Gasteiger partial charge is 0.348 e. The summed E-state index contributed by atoms with van der Waals surface area (Å²) < 4.78 is 5.17. The molecule has 0 fully saturated rings. The van der Waals surface area contributed by atoms with Crippen molar-refractivity contribution in [3.63, 3.8) is 0 Å². The van der Waals surface area contributed by atoms with E-state index in [0.717, 1.165) is 24.0 Å². The third kappa shape index (κ3) is 4.48. The molecular formula is C20H23NO3S. The molecule has 0 spiro atoms. The van der Waals surface area contributed by atoms with Gasteiger partial charge in [0.15, 0.2) is 6.61 Å². The molecule has 5 heteroatoms. The Morgan fingerprint density at radius 2 is 2.12 bits per heavy atom. The third-order valence-electron chi connectivity index (χ3n) is 4.60. The Hall–Kier alpha value is -2.14. The number of ether oxygens (including phenoxy) is 1. The summed E-state index contributed by atoms with van der Waals surface area (Å²) in [7, 11) is 0. The van der Waals surface area contributed by atoms with E-state index in [1.807, 2.05) is 37.3 Å². The number of nitrogens with one attached hydrogen (secondary N) is 1. The van der Waals surface area contributed by atoms with Crippen molar-refractivity contribution in [3.05, 3.63) is 56.8 Å². The highest BCUT2D eigenvalue weighted by molar-refractivity contribution is 7.14. The van der Waals surface area contributed by atoms with Crippen molar-refractivity contribution in [2.24, 2.45) is 5.92 Å². The molecule has 0 radical (unpaired) electrons. The minimum absolute atomic E-state index is 0.246. The van der Waals surface area contributed by atoms with Crippen molar-refractivity contribution in [1.29, 1.82) is 0 Å². The Kier molecular flexibility index (Phi) is 5.53. The van der Waals surface area contributed by atoms with Crippen LogP contribution in [0.3, 0.4) is 0 Å². The monoisotopic (exact) mass is 357 g/mol. The zero-order chi connectivity index (χ0) is 17.8. The number of carbonyl (C=O) groups is 2. The number of hydrogen-bond donors (Lipinski definition) is 1. The molecule has 1 aromatic carbocycles. The molecule has 0 aliphatic heterocycles. The molecule has 0 saturated heterocycles. The van der Waals surface area contributed by atoms with Gasteiger partial charge in [-0.05, 0) is 54.9 Å². The molecule has 1 heterocycles. The predicted octanol–water partition coefficient (Wildman–Crippen LogP) is 3.65. The van der Waals surface area contributed by atoms with Crippen molar-refractivity contribution < 1.29 is 14.3 Å². The highest BCUT2D eigenvalue weighted by Gasteiger charge is 2.21. The lowest BCUT2D eigenvalue weighted by molar-refractivity contribution is -0.124. The van der Waals surface area contributed by atoms with E-state index in [-0.39, 0.29) is 12.5 Å². The summed E-state index contributed by atoms with van der Waals surface area (Å²) in [5.41, 5.74) is 3.44. The summed E-state index contributed by atoms with van der Waals surface area (Å²) in [5, 5.41) is 2.79. The van der Waals surface area contributed by atoms with Gasteiger partial charge in [-0.15, -0.1) is 11.3 Å². The molecule has 2 aromatic rings. The van der Waals surface area contributed by atoms with Crippen LogP contribution in [0.25, 0.3) is 0 Å². The Labute approximate surface area is 152 Å². The molecule has 4 nitrogen and oxygen atoms in total. The van der Waals surface area contributed by atoms with Gasteiger partial charge in [-0.3, -0.25) is 4.79 Å². The number of esters is 1. The zero-order valence-corrected chi connectivity index (χ0v) is 15.4. The van der Waals surface area contributed by atoms with Gasteiger partial charge in [-0.1, -0.05) is 31.2 Å². The van der Waals surface area contributed by atoms with Crippen LogP contribution in [0.1, 0.15) is 44.6 Å². The number of hydrogen-bond acceptors (Lipinski definition) is 4. The van der Waals surface area contributed by atoms with E-state index in [1.54, 1.807) is 0 Å². The first-order valence-electron chi connectivity index (χ1n) is 8.63. The normalized spacial score (nSPS) is 16.2. The first-order valence-corrected chi connectivity index (χ1v) is 9.44. The van der Waals surface area contributed by atoms with Crippen molar-refractivity contribution in [2.45, 2.75) is 39.7 Å². The maximum absolute atomic E-state index is 12.2. The average Bonchev–Trinajstić information content (AvgIpc) is 3.02. The molecular weight excluding hydrogens is 334 g/mol. The van der Waals surface area contributed by atoms with Gasteiger partial charge < -0.3 is 10.1 Å². The summed E-state index contributed by atoms with van der Waals surface area (Å²) in [6.45, 7) is 4.43. The lowest BCUT2D eigenvalue weighted by atomic mass is 9.90. The molecule has 1 aliphatic carbocycles. The maximum Gasteiger partial charge on any atom is 0.348 e. The van der Waals surface area contributed by atoms with Crippen LogP contribution in [0.5, 0.6) is 0 Å². The largest absolute Gasteiger partial charge is 0.451 e. The number of thiophene rings is 1. The summed E-state index contributed by atoms with van der Waals surface area (Å²) in [5.74, 6) is -0.0252. The summed E-state index contributed by atoms with van der Waals surface area (Å²) >= 11 is 1.50. The molecule has 1 aliphatic rings. The Bertz CT molecular complexity index is 781. The summed E-state index contributed by atoms with van der Waals surface area (Å²) in [6, 6.07) is 9.81. The maximum atomic E-state index is 12.2. The predicted molar refractivity (Wildman–Crippen MR) is 98.8 cm³/mol. The van der Waals surface area contributed by atoms with Gasteiger partial charge in [-0.2, -0.15) is 0 Å². The molecule has 1 unspecified atom stereocenters. The van der Waals surface area contributed by atoms with Gasteiger partial charge in [0.05, 0.1) is 0 Å². The van der Waals surface area contributed by atoms with Crippen LogP contribution in [-0.2, 0) is 28.9 Å². The van der Waals surface area contributed by atoms with Crippen LogP contribution >= 0.6 is 11.3 Å². The first kappa shape index (κ1) is 17.7. The highest BCUT2D eigenvalue weighted by Crippen LogP contribution is 2.32. The molecule has 132 valence electrons. The van der Waals surface area contributed by atoms with E-state index in [4.69, 9.17) is 4.74 Å². The third-order valence-corrected chi connectivity index (χ3v) is 5.82. The quantitative estimate of drug-likeness (QED) is 0.831. The average molecular weight is 357 g/mol. The number of benzene rings is 1. The lowest BCUT2D eigenvalue weighted by Gasteiger charge is -2.16. The molecule has 1 N–H and O–H groups in total. The van der Waals surface area contributed by atoms with Gasteiger partial charge in [0.1, 0.15) is 4.88 Å². The fourth-order valence-electron chi connectivity index (χ4n) is 3.06. The Balaban J connectivity index is 1.49. The SMILES string of the molecule is Cc1ccccc1CNC(=O)COC(=O)c1cc2c(s1)CCC(C)C2. The van der Waals surface area contributed by atoms with Gasteiger partial charge >= 0.3 is 5.97 Å². The van der Waals surface area contributed by atoms with Crippen molar-refractivity contribution in [1.82, 2.24) is 5.32 Å². The molecule has 0 bridgehead atoms. The molecule has 1 atom stereocenters. The van der Waals surface area contributed by atoms with Crippen LogP contribution in [0, 0.1) is 12.8 Å². The number of fused-ring (bicyclic) bond motifs is 1. The fourth-order valence-corrected chi connectivity index (χ4v) is 4.16. The van der Waals surface area contributed by atoms with E-state index >= 15 is 0 Å². The van der Waals surface area contributed by atoms with Crippen molar-refractivity contribution in [3.8, 4) is 0 Å². The van der Waals surface area contributed by atoms with E-state index in [0.29, 0.717) is 17.3 Å². The molecule has 25 heavy (non-hydrogen) atoms. The van der Waals surface area contributed by atoms with Crippen LogP contribution in [0.4, 0.5) is 0 Å². The topological polar surface area (TPSA) is 55.4 Å². The number of rotatable bonds is 5.